The Morgan fingerprint density at radius 1 is 0.972 bits per heavy atom. The fourth-order valence-corrected chi connectivity index (χ4v) is 3.31. The monoisotopic (exact) mass is 525 g/mol. The fraction of sp³-hybridized carbons (Fsp3) is 0.500. The highest BCUT2D eigenvalue weighted by Crippen LogP contribution is 2.06. The van der Waals surface area contributed by atoms with Gasteiger partial charge in [0.15, 0.2) is 5.96 Å². The van der Waals surface area contributed by atoms with Gasteiger partial charge in [-0.25, -0.2) is 4.79 Å². The number of nitrogens with one attached hydrogen (secondary N) is 3. The van der Waals surface area contributed by atoms with Crippen LogP contribution in [0, 0.1) is 0 Å². The summed E-state index contributed by atoms with van der Waals surface area (Å²) in [5, 5.41) is 26.4. The number of carboxylic acid groups (broad SMARTS) is 1. The number of guanidine groups is 1. The molecule has 0 bridgehead atoms. The predicted molar refractivity (Wildman–Crippen MR) is 137 cm³/mol. The zero-order valence-electron chi connectivity index (χ0n) is 20.0. The summed E-state index contributed by atoms with van der Waals surface area (Å²) in [5.41, 5.74) is 16.9. The smallest absolute Gasteiger partial charge is 0.326 e. The summed E-state index contributed by atoms with van der Waals surface area (Å²) < 4.78 is 0. The largest absolute Gasteiger partial charge is 0.480 e. The summed E-state index contributed by atoms with van der Waals surface area (Å²) >= 11 is 4.10. The van der Waals surface area contributed by atoms with E-state index < -0.39 is 54.0 Å². The number of carboxylic acids is 1. The van der Waals surface area contributed by atoms with E-state index in [-0.39, 0.29) is 31.1 Å². The average Bonchev–Trinajstić information content (AvgIpc) is 2.83. The molecular weight excluding hydrogens is 490 g/mol. The average molecular weight is 526 g/mol. The number of hydrogen-bond donors (Lipinski definition) is 9. The molecule has 0 fully saturated rings. The molecule has 5 unspecified atom stereocenters. The van der Waals surface area contributed by atoms with Gasteiger partial charge in [-0.15, -0.1) is 0 Å². The lowest BCUT2D eigenvalue weighted by atomic mass is 10.1. The molecule has 0 aromatic heterocycles. The minimum absolute atomic E-state index is 0.0376. The van der Waals surface area contributed by atoms with E-state index in [1.165, 1.54) is 6.92 Å². The number of benzene rings is 1. The molecule has 5 atom stereocenters. The van der Waals surface area contributed by atoms with E-state index in [1.807, 2.05) is 0 Å². The van der Waals surface area contributed by atoms with Crippen LogP contribution in [0.25, 0.3) is 0 Å². The molecule has 0 aliphatic rings. The molecule has 1 aromatic rings. The molecule has 0 aliphatic carbocycles. The summed E-state index contributed by atoms with van der Waals surface area (Å²) in [6.07, 6.45) is -0.733. The van der Waals surface area contributed by atoms with Crippen LogP contribution < -0.4 is 33.2 Å². The van der Waals surface area contributed by atoms with Gasteiger partial charge in [0.2, 0.25) is 17.7 Å². The van der Waals surface area contributed by atoms with E-state index in [4.69, 9.17) is 17.2 Å². The molecule has 1 aromatic carbocycles. The molecule has 36 heavy (non-hydrogen) atoms. The Balaban J connectivity index is 2.90. The molecule has 13 nitrogen and oxygen atoms in total. The number of thiol groups is 1. The summed E-state index contributed by atoms with van der Waals surface area (Å²) in [6, 6.07) is 3.89. The van der Waals surface area contributed by atoms with E-state index in [9.17, 15) is 29.4 Å². The number of amides is 3. The van der Waals surface area contributed by atoms with Gasteiger partial charge >= 0.3 is 5.97 Å². The third kappa shape index (κ3) is 10.9. The normalized spacial score (nSPS) is 14.9. The van der Waals surface area contributed by atoms with Gasteiger partial charge in [-0.3, -0.25) is 19.4 Å². The van der Waals surface area contributed by atoms with Crippen LogP contribution in [0.15, 0.2) is 35.3 Å². The van der Waals surface area contributed by atoms with Gasteiger partial charge < -0.3 is 43.4 Å². The van der Waals surface area contributed by atoms with Crippen LogP contribution in [-0.2, 0) is 25.6 Å². The molecule has 14 heteroatoms. The summed E-state index contributed by atoms with van der Waals surface area (Å²) in [6.45, 7) is 1.51. The van der Waals surface area contributed by atoms with Crippen molar-refractivity contribution in [3.05, 3.63) is 35.9 Å². The number of aliphatic hydroxyl groups is 1. The van der Waals surface area contributed by atoms with Gasteiger partial charge in [0.05, 0.1) is 6.10 Å². The maximum absolute atomic E-state index is 12.9. The second-order valence-electron chi connectivity index (χ2n) is 8.11. The molecule has 11 N–H and O–H groups in total. The van der Waals surface area contributed by atoms with Gasteiger partial charge in [0, 0.05) is 18.7 Å². The molecule has 0 saturated heterocycles. The third-order valence-corrected chi connectivity index (χ3v) is 5.48. The Morgan fingerprint density at radius 2 is 1.53 bits per heavy atom. The topological polar surface area (TPSA) is 235 Å². The van der Waals surface area contributed by atoms with E-state index >= 15 is 0 Å². The number of carbonyl (C=O) groups is 4. The highest BCUT2D eigenvalue weighted by molar-refractivity contribution is 7.80. The summed E-state index contributed by atoms with van der Waals surface area (Å²) in [7, 11) is 0. The number of nitrogens with zero attached hydrogens (tertiary/aromatic N) is 1. The minimum atomic E-state index is -1.28. The number of aliphatic carboxylic acids is 1. The maximum Gasteiger partial charge on any atom is 0.326 e. The first-order chi connectivity index (χ1) is 17.0. The van der Waals surface area contributed by atoms with Crippen LogP contribution >= 0.6 is 12.6 Å². The van der Waals surface area contributed by atoms with Crippen molar-refractivity contribution in [3.8, 4) is 0 Å². The molecule has 200 valence electrons. The van der Waals surface area contributed by atoms with E-state index in [0.29, 0.717) is 12.0 Å². The Labute approximate surface area is 214 Å². The number of rotatable bonds is 15. The molecule has 0 spiro atoms. The molecule has 0 aliphatic heterocycles. The lowest BCUT2D eigenvalue weighted by Gasteiger charge is -2.25. The number of carbonyl (C=O) groups excluding carboxylic acids is 3. The fourth-order valence-electron chi connectivity index (χ4n) is 3.05. The van der Waals surface area contributed by atoms with Crippen molar-refractivity contribution in [3.63, 3.8) is 0 Å². The first-order valence-electron chi connectivity index (χ1n) is 11.2. The van der Waals surface area contributed by atoms with Gasteiger partial charge in [-0.1, -0.05) is 30.3 Å². The van der Waals surface area contributed by atoms with Gasteiger partial charge in [-0.05, 0) is 25.3 Å². The Hall–Kier alpha value is -3.36. The molecule has 0 radical (unpaired) electrons. The molecular formula is C22H35N7O6S. The van der Waals surface area contributed by atoms with E-state index in [1.54, 1.807) is 30.3 Å². The van der Waals surface area contributed by atoms with Crippen LogP contribution in [-0.4, -0.2) is 82.4 Å². The van der Waals surface area contributed by atoms with Crippen LogP contribution in [0.3, 0.4) is 0 Å². The Morgan fingerprint density at radius 3 is 2.06 bits per heavy atom. The molecule has 0 heterocycles. The van der Waals surface area contributed by atoms with Crippen molar-refractivity contribution in [2.75, 3.05) is 12.3 Å². The van der Waals surface area contributed by atoms with Crippen molar-refractivity contribution in [1.29, 1.82) is 0 Å². The quantitative estimate of drug-likeness (QED) is 0.0507. The zero-order valence-corrected chi connectivity index (χ0v) is 20.9. The van der Waals surface area contributed by atoms with Crippen LogP contribution in [0.1, 0.15) is 25.3 Å². The second kappa shape index (κ2) is 15.6. The number of aliphatic imine (C=N–C) groups is 1. The van der Waals surface area contributed by atoms with Crippen molar-refractivity contribution < 1.29 is 29.4 Å². The Bertz CT molecular complexity index is 911. The minimum Gasteiger partial charge on any atom is -0.480 e. The number of nitrogens with two attached hydrogens (primary N) is 3. The Kier molecular flexibility index (Phi) is 13.3. The second-order valence-corrected chi connectivity index (χ2v) is 8.47. The molecule has 1 rings (SSSR count). The van der Waals surface area contributed by atoms with Crippen LogP contribution in [0.4, 0.5) is 0 Å². The van der Waals surface area contributed by atoms with Gasteiger partial charge in [-0.2, -0.15) is 12.6 Å². The van der Waals surface area contributed by atoms with Crippen molar-refractivity contribution in [2.24, 2.45) is 22.2 Å². The maximum atomic E-state index is 12.9. The van der Waals surface area contributed by atoms with Crippen LogP contribution in [0.5, 0.6) is 0 Å². The lowest BCUT2D eigenvalue weighted by Crippen LogP contribution is -2.58. The third-order valence-electron chi connectivity index (χ3n) is 5.11. The first kappa shape index (κ1) is 30.7. The van der Waals surface area contributed by atoms with Gasteiger partial charge in [0.1, 0.15) is 24.2 Å². The predicted octanol–water partition coefficient (Wildman–Crippen LogP) is -2.54. The number of aliphatic hydroxyl groups excluding tert-OH is 1. The van der Waals surface area contributed by atoms with Crippen molar-refractivity contribution in [1.82, 2.24) is 16.0 Å². The highest BCUT2D eigenvalue weighted by Gasteiger charge is 2.30. The SMILES string of the molecule is CC(O)C(N)C(=O)NC(CCCN=C(N)N)C(=O)NC(CS)C(=O)NC(Cc1ccccc1)C(=O)O. The molecule has 3 amide bonds. The standard InChI is InChI=1S/C22H35N7O6S/c1-12(30)17(23)20(33)27-14(8-5-9-26-22(24)25)18(31)29-16(11-36)19(32)28-15(21(34)35)10-13-6-3-2-4-7-13/h2-4,6-7,12,14-17,30,36H,5,8-11,23H2,1H3,(H,27,33)(H,28,32)(H,29,31)(H,34,35)(H4,24,25,26). The van der Waals surface area contributed by atoms with Crippen molar-refractivity contribution in [2.45, 2.75) is 56.5 Å². The molecule has 0 saturated carbocycles. The van der Waals surface area contributed by atoms with Crippen molar-refractivity contribution >= 4 is 42.3 Å². The van der Waals surface area contributed by atoms with E-state index in [0.717, 1.165) is 0 Å². The lowest BCUT2D eigenvalue weighted by molar-refractivity contribution is -0.142. The summed E-state index contributed by atoms with van der Waals surface area (Å²) in [4.78, 5) is 53.5. The summed E-state index contributed by atoms with van der Waals surface area (Å²) in [5.74, 6) is -3.77. The van der Waals surface area contributed by atoms with Crippen LogP contribution in [0.2, 0.25) is 0 Å². The van der Waals surface area contributed by atoms with E-state index in [2.05, 4.69) is 33.6 Å². The first-order valence-corrected chi connectivity index (χ1v) is 11.9. The highest BCUT2D eigenvalue weighted by atomic mass is 32.1. The van der Waals surface area contributed by atoms with Gasteiger partial charge in [0.25, 0.3) is 0 Å². The number of hydrogen-bond acceptors (Lipinski definition) is 8. The zero-order chi connectivity index (χ0) is 27.3.